The molecule has 0 aromatic heterocycles. The first-order chi connectivity index (χ1) is 10.2. The van der Waals surface area contributed by atoms with E-state index in [0.717, 1.165) is 24.0 Å². The molecule has 110 valence electrons. The second kappa shape index (κ2) is 7.75. The number of hydrogen-bond acceptors (Lipinski definition) is 2. The van der Waals surface area contributed by atoms with Crippen LogP contribution in [0.25, 0.3) is 0 Å². The van der Waals surface area contributed by atoms with E-state index in [1.807, 2.05) is 54.6 Å². The summed E-state index contributed by atoms with van der Waals surface area (Å²) in [6.45, 7) is 2.18. The predicted octanol–water partition coefficient (Wildman–Crippen LogP) is 4.50. The Bertz CT molecular complexity index is 577. The topological polar surface area (TPSA) is 43.1 Å². The summed E-state index contributed by atoms with van der Waals surface area (Å²) in [4.78, 5) is 12.6. The number of benzene rings is 2. The Labute approximate surface area is 127 Å². The zero-order valence-corrected chi connectivity index (χ0v) is 12.6. The van der Waals surface area contributed by atoms with Gasteiger partial charge in [-0.15, -0.1) is 0 Å². The molecule has 1 unspecified atom stereocenters. The molecule has 0 amide bonds. The number of hydrogen-bond donors (Lipinski definition) is 1. The molecule has 0 fully saturated rings. The number of unbranched alkanes of at least 4 members (excludes halogenated alkanes) is 2. The van der Waals surface area contributed by atoms with E-state index in [9.17, 15) is 4.79 Å². The fraction of sp³-hybridized carbons (Fsp3) is 0.316. The summed E-state index contributed by atoms with van der Waals surface area (Å²) >= 11 is 0. The van der Waals surface area contributed by atoms with Crippen LogP contribution < -0.4 is 5.73 Å². The number of rotatable bonds is 7. The summed E-state index contributed by atoms with van der Waals surface area (Å²) in [5.41, 5.74) is 8.70. The second-order valence-corrected chi connectivity index (χ2v) is 5.38. The van der Waals surface area contributed by atoms with Crippen molar-refractivity contribution in [2.45, 2.75) is 38.6 Å². The van der Waals surface area contributed by atoms with E-state index in [4.69, 9.17) is 5.73 Å². The van der Waals surface area contributed by atoms with Crippen LogP contribution in [0.15, 0.2) is 54.6 Å². The van der Waals surface area contributed by atoms with Gasteiger partial charge in [0, 0.05) is 17.2 Å². The first-order valence-electron chi connectivity index (χ1n) is 7.68. The average Bonchev–Trinajstić information content (AvgIpc) is 2.55. The molecule has 2 heteroatoms. The monoisotopic (exact) mass is 281 g/mol. The van der Waals surface area contributed by atoms with E-state index in [-0.39, 0.29) is 11.8 Å². The molecule has 0 saturated carbocycles. The summed E-state index contributed by atoms with van der Waals surface area (Å²) in [7, 11) is 0. The van der Waals surface area contributed by atoms with Crippen LogP contribution in [0.3, 0.4) is 0 Å². The molecule has 2 aromatic rings. The minimum Gasteiger partial charge on any atom is -0.324 e. The summed E-state index contributed by atoms with van der Waals surface area (Å²) < 4.78 is 0. The molecule has 2 aromatic carbocycles. The van der Waals surface area contributed by atoms with Gasteiger partial charge in [-0.3, -0.25) is 4.79 Å². The summed E-state index contributed by atoms with van der Waals surface area (Å²) in [6, 6.07) is 17.0. The first kappa shape index (κ1) is 15.5. The summed E-state index contributed by atoms with van der Waals surface area (Å²) in [5, 5.41) is 0. The highest BCUT2D eigenvalue weighted by Crippen LogP contribution is 2.23. The number of nitrogens with two attached hydrogens (primary N) is 1. The Kier molecular flexibility index (Phi) is 5.70. The van der Waals surface area contributed by atoms with Gasteiger partial charge in [-0.05, 0) is 12.0 Å². The third-order valence-electron chi connectivity index (χ3n) is 3.76. The largest absolute Gasteiger partial charge is 0.324 e. The smallest absolute Gasteiger partial charge is 0.193 e. The average molecular weight is 281 g/mol. The molecule has 1 atom stereocenters. The van der Waals surface area contributed by atoms with Crippen LogP contribution >= 0.6 is 0 Å². The van der Waals surface area contributed by atoms with Crippen LogP contribution in [0.1, 0.15) is 60.1 Å². The number of carbonyl (C=O) groups is 1. The molecule has 0 radical (unpaired) electrons. The van der Waals surface area contributed by atoms with Crippen molar-refractivity contribution in [2.24, 2.45) is 5.73 Å². The van der Waals surface area contributed by atoms with Crippen LogP contribution in [0.5, 0.6) is 0 Å². The van der Waals surface area contributed by atoms with Gasteiger partial charge in [-0.2, -0.15) is 0 Å². The molecule has 2 N–H and O–H groups in total. The van der Waals surface area contributed by atoms with Gasteiger partial charge in [-0.1, -0.05) is 80.8 Å². The Morgan fingerprint density at radius 2 is 1.67 bits per heavy atom. The molecule has 21 heavy (non-hydrogen) atoms. The molecular weight excluding hydrogens is 258 g/mol. The van der Waals surface area contributed by atoms with Crippen molar-refractivity contribution in [3.05, 3.63) is 71.3 Å². The van der Waals surface area contributed by atoms with E-state index in [0.29, 0.717) is 5.56 Å². The standard InChI is InChI=1S/C19H23NO/c1-2-3-5-14-18(20)16-12-8-9-13-17(16)19(21)15-10-6-4-7-11-15/h4,6-13,18H,2-3,5,14,20H2,1H3. The molecule has 2 nitrogen and oxygen atoms in total. The Morgan fingerprint density at radius 3 is 2.38 bits per heavy atom. The van der Waals surface area contributed by atoms with Crippen molar-refractivity contribution in [1.29, 1.82) is 0 Å². The SMILES string of the molecule is CCCCCC(N)c1ccccc1C(=O)c1ccccc1. The van der Waals surface area contributed by atoms with E-state index in [2.05, 4.69) is 6.92 Å². The normalized spacial score (nSPS) is 12.1. The van der Waals surface area contributed by atoms with Crippen LogP contribution in [0, 0.1) is 0 Å². The quantitative estimate of drug-likeness (QED) is 0.600. The Hall–Kier alpha value is -1.93. The maximum Gasteiger partial charge on any atom is 0.193 e. The zero-order valence-electron chi connectivity index (χ0n) is 12.6. The minimum absolute atomic E-state index is 0.0529. The Morgan fingerprint density at radius 1 is 1.00 bits per heavy atom. The van der Waals surface area contributed by atoms with Crippen molar-refractivity contribution in [1.82, 2.24) is 0 Å². The van der Waals surface area contributed by atoms with Gasteiger partial charge in [0.25, 0.3) is 0 Å². The maximum atomic E-state index is 12.6. The molecule has 0 aliphatic heterocycles. The van der Waals surface area contributed by atoms with Crippen molar-refractivity contribution < 1.29 is 4.79 Å². The third-order valence-corrected chi connectivity index (χ3v) is 3.76. The summed E-state index contributed by atoms with van der Waals surface area (Å²) in [5.74, 6) is 0.0529. The fourth-order valence-corrected chi connectivity index (χ4v) is 2.54. The van der Waals surface area contributed by atoms with Crippen molar-refractivity contribution in [2.75, 3.05) is 0 Å². The van der Waals surface area contributed by atoms with Crippen LogP contribution in [0.4, 0.5) is 0 Å². The van der Waals surface area contributed by atoms with Gasteiger partial charge < -0.3 is 5.73 Å². The minimum atomic E-state index is -0.0691. The van der Waals surface area contributed by atoms with Gasteiger partial charge in [-0.25, -0.2) is 0 Å². The van der Waals surface area contributed by atoms with E-state index < -0.39 is 0 Å². The lowest BCUT2D eigenvalue weighted by molar-refractivity contribution is 0.103. The lowest BCUT2D eigenvalue weighted by Gasteiger charge is -2.16. The highest BCUT2D eigenvalue weighted by atomic mass is 16.1. The highest BCUT2D eigenvalue weighted by molar-refractivity contribution is 6.10. The first-order valence-corrected chi connectivity index (χ1v) is 7.68. The van der Waals surface area contributed by atoms with Crippen LogP contribution in [-0.4, -0.2) is 5.78 Å². The fourth-order valence-electron chi connectivity index (χ4n) is 2.54. The van der Waals surface area contributed by atoms with E-state index in [1.165, 1.54) is 12.8 Å². The van der Waals surface area contributed by atoms with Gasteiger partial charge in [0.15, 0.2) is 5.78 Å². The predicted molar refractivity (Wildman–Crippen MR) is 87.4 cm³/mol. The lowest BCUT2D eigenvalue weighted by atomic mass is 9.92. The molecule has 0 heterocycles. The highest BCUT2D eigenvalue weighted by Gasteiger charge is 2.16. The maximum absolute atomic E-state index is 12.6. The number of carbonyl (C=O) groups excluding carboxylic acids is 1. The molecule has 0 aliphatic carbocycles. The van der Waals surface area contributed by atoms with Crippen molar-refractivity contribution in [3.63, 3.8) is 0 Å². The Balaban J connectivity index is 2.22. The van der Waals surface area contributed by atoms with E-state index >= 15 is 0 Å². The second-order valence-electron chi connectivity index (χ2n) is 5.38. The van der Waals surface area contributed by atoms with Gasteiger partial charge in [0.1, 0.15) is 0 Å². The van der Waals surface area contributed by atoms with Gasteiger partial charge in [0.2, 0.25) is 0 Å². The van der Waals surface area contributed by atoms with Crippen molar-refractivity contribution in [3.8, 4) is 0 Å². The summed E-state index contributed by atoms with van der Waals surface area (Å²) in [6.07, 6.45) is 4.39. The molecule has 0 aliphatic rings. The third kappa shape index (κ3) is 4.02. The zero-order chi connectivity index (χ0) is 15.1. The molecule has 0 saturated heterocycles. The van der Waals surface area contributed by atoms with Gasteiger partial charge >= 0.3 is 0 Å². The van der Waals surface area contributed by atoms with Gasteiger partial charge in [0.05, 0.1) is 0 Å². The lowest BCUT2D eigenvalue weighted by Crippen LogP contribution is -2.15. The molecule has 2 rings (SSSR count). The van der Waals surface area contributed by atoms with Crippen LogP contribution in [-0.2, 0) is 0 Å². The van der Waals surface area contributed by atoms with Crippen molar-refractivity contribution >= 4 is 5.78 Å². The molecule has 0 bridgehead atoms. The molecular formula is C19H23NO. The number of ketones is 1. The molecule has 0 spiro atoms. The van der Waals surface area contributed by atoms with Crippen LogP contribution in [0.2, 0.25) is 0 Å². The van der Waals surface area contributed by atoms with E-state index in [1.54, 1.807) is 0 Å².